The number of rotatable bonds is 4. The van der Waals surface area contributed by atoms with Gasteiger partial charge in [0.05, 0.1) is 5.69 Å². The van der Waals surface area contributed by atoms with Gasteiger partial charge in [0.15, 0.2) is 0 Å². The predicted molar refractivity (Wildman–Crippen MR) is 112 cm³/mol. The number of halogens is 1. The fourth-order valence-corrected chi connectivity index (χ4v) is 3.22. The van der Waals surface area contributed by atoms with Crippen molar-refractivity contribution >= 4 is 39.5 Å². The van der Waals surface area contributed by atoms with Gasteiger partial charge in [-0.05, 0) is 48.5 Å². The van der Waals surface area contributed by atoms with Crippen molar-refractivity contribution in [2.45, 2.75) is 0 Å². The molecule has 0 aliphatic heterocycles. The van der Waals surface area contributed by atoms with E-state index in [1.807, 2.05) is 12.1 Å². The van der Waals surface area contributed by atoms with Crippen molar-refractivity contribution < 1.29 is 9.18 Å². The summed E-state index contributed by atoms with van der Waals surface area (Å²) in [5.41, 5.74) is 2.44. The van der Waals surface area contributed by atoms with Gasteiger partial charge in [0.1, 0.15) is 11.5 Å². The summed E-state index contributed by atoms with van der Waals surface area (Å²) < 4.78 is 14.9. The molecule has 7 nitrogen and oxygen atoms in total. The highest BCUT2D eigenvalue weighted by atomic mass is 19.1. The minimum Gasteiger partial charge on any atom is -0.355 e. The first-order valence-electron chi connectivity index (χ1n) is 9.18. The Kier molecular flexibility index (Phi) is 4.29. The van der Waals surface area contributed by atoms with Crippen LogP contribution in [0.25, 0.3) is 16.6 Å². The van der Waals surface area contributed by atoms with Gasteiger partial charge in [-0.2, -0.15) is 0 Å². The smallest absolute Gasteiger partial charge is 0.275 e. The number of benzene rings is 2. The van der Waals surface area contributed by atoms with Gasteiger partial charge in [-0.3, -0.25) is 14.2 Å². The van der Waals surface area contributed by atoms with Gasteiger partial charge in [-0.15, -0.1) is 0 Å². The first-order valence-corrected chi connectivity index (χ1v) is 9.18. The van der Waals surface area contributed by atoms with Crippen LogP contribution >= 0.6 is 0 Å². The maximum atomic E-state index is 13.2. The zero-order chi connectivity index (χ0) is 20.5. The van der Waals surface area contributed by atoms with Gasteiger partial charge in [-0.1, -0.05) is 0 Å². The second-order valence-corrected chi connectivity index (χ2v) is 6.62. The van der Waals surface area contributed by atoms with Gasteiger partial charge < -0.3 is 10.6 Å². The highest BCUT2D eigenvalue weighted by molar-refractivity contribution is 6.10. The Morgan fingerprint density at radius 2 is 1.80 bits per heavy atom. The maximum Gasteiger partial charge on any atom is 0.275 e. The Balaban J connectivity index is 1.47. The SMILES string of the molecule is O=C(Nc1ccc(Nc2ccc(F)cc2)c2ccncc12)c1cn2cccnc2n1. The third-order valence-electron chi connectivity index (χ3n) is 4.66. The molecule has 0 spiro atoms. The molecule has 8 heteroatoms. The van der Waals surface area contributed by atoms with E-state index in [1.54, 1.807) is 59.7 Å². The van der Waals surface area contributed by atoms with Crippen LogP contribution in [0, 0.1) is 5.82 Å². The van der Waals surface area contributed by atoms with Gasteiger partial charge in [0, 0.05) is 53.1 Å². The quantitative estimate of drug-likeness (QED) is 0.468. The van der Waals surface area contributed by atoms with Gasteiger partial charge in [0.2, 0.25) is 5.78 Å². The average molecular weight is 398 g/mol. The summed E-state index contributed by atoms with van der Waals surface area (Å²) in [4.78, 5) is 25.3. The van der Waals surface area contributed by atoms with Crippen LogP contribution < -0.4 is 10.6 Å². The van der Waals surface area contributed by atoms with E-state index in [-0.39, 0.29) is 17.4 Å². The van der Waals surface area contributed by atoms with E-state index < -0.39 is 0 Å². The molecule has 2 aromatic carbocycles. The van der Waals surface area contributed by atoms with E-state index in [9.17, 15) is 9.18 Å². The zero-order valence-corrected chi connectivity index (χ0v) is 15.6. The molecule has 146 valence electrons. The number of nitrogens with zero attached hydrogens (tertiary/aromatic N) is 4. The molecule has 0 aliphatic rings. The molecule has 3 aromatic heterocycles. The molecule has 0 fully saturated rings. The van der Waals surface area contributed by atoms with Crippen molar-refractivity contribution in [1.82, 2.24) is 19.4 Å². The van der Waals surface area contributed by atoms with Crippen LogP contribution in [0.5, 0.6) is 0 Å². The Morgan fingerprint density at radius 1 is 0.967 bits per heavy atom. The number of pyridine rings is 1. The van der Waals surface area contributed by atoms with Crippen LogP contribution in [0.1, 0.15) is 10.5 Å². The molecule has 3 heterocycles. The van der Waals surface area contributed by atoms with Crippen molar-refractivity contribution in [2.24, 2.45) is 0 Å². The van der Waals surface area contributed by atoms with E-state index >= 15 is 0 Å². The average Bonchev–Trinajstić information content (AvgIpc) is 3.21. The number of amides is 1. The number of hydrogen-bond donors (Lipinski definition) is 2. The maximum absolute atomic E-state index is 13.2. The Bertz CT molecular complexity index is 1350. The molecule has 0 saturated carbocycles. The Hall–Kier alpha value is -4.33. The summed E-state index contributed by atoms with van der Waals surface area (Å²) >= 11 is 0. The second-order valence-electron chi connectivity index (χ2n) is 6.62. The standard InChI is InChI=1S/C22H15FN6O/c23-14-2-4-15(5-3-14)26-18-6-7-19(17-12-24-10-8-16(17)18)27-21(30)20-13-29-11-1-9-25-22(29)28-20/h1-13,26H,(H,27,30). The van der Waals surface area contributed by atoms with E-state index in [0.29, 0.717) is 11.5 Å². The molecule has 5 rings (SSSR count). The zero-order valence-electron chi connectivity index (χ0n) is 15.6. The summed E-state index contributed by atoms with van der Waals surface area (Å²) in [5, 5.41) is 7.80. The number of fused-ring (bicyclic) bond motifs is 2. The van der Waals surface area contributed by atoms with Crippen molar-refractivity contribution in [1.29, 1.82) is 0 Å². The molecule has 0 atom stereocenters. The lowest BCUT2D eigenvalue weighted by molar-refractivity contribution is 0.102. The fraction of sp³-hybridized carbons (Fsp3) is 0. The molecule has 0 radical (unpaired) electrons. The third kappa shape index (κ3) is 3.30. The van der Waals surface area contributed by atoms with E-state index in [1.165, 1.54) is 12.1 Å². The topological polar surface area (TPSA) is 84.2 Å². The molecule has 0 unspecified atom stereocenters. The highest BCUT2D eigenvalue weighted by Crippen LogP contribution is 2.31. The first-order chi connectivity index (χ1) is 14.7. The Labute approximate surface area is 170 Å². The summed E-state index contributed by atoms with van der Waals surface area (Å²) in [6, 6.07) is 13.4. The molecular weight excluding hydrogens is 383 g/mol. The summed E-state index contributed by atoms with van der Waals surface area (Å²) in [7, 11) is 0. The summed E-state index contributed by atoms with van der Waals surface area (Å²) in [6.45, 7) is 0. The number of hydrogen-bond acceptors (Lipinski definition) is 5. The van der Waals surface area contributed by atoms with Crippen LogP contribution in [0.4, 0.5) is 21.5 Å². The highest BCUT2D eigenvalue weighted by Gasteiger charge is 2.14. The molecule has 0 saturated heterocycles. The minimum absolute atomic E-state index is 0.263. The lowest BCUT2D eigenvalue weighted by atomic mass is 10.1. The van der Waals surface area contributed by atoms with Crippen LogP contribution in [-0.2, 0) is 0 Å². The molecule has 30 heavy (non-hydrogen) atoms. The molecular formula is C22H15FN6O. The van der Waals surface area contributed by atoms with Crippen LogP contribution in [-0.4, -0.2) is 25.3 Å². The number of anilines is 3. The van der Waals surface area contributed by atoms with E-state index in [2.05, 4.69) is 25.6 Å². The number of imidazole rings is 1. The van der Waals surface area contributed by atoms with Crippen molar-refractivity contribution in [3.63, 3.8) is 0 Å². The second kappa shape index (κ2) is 7.25. The largest absolute Gasteiger partial charge is 0.355 e. The van der Waals surface area contributed by atoms with Crippen LogP contribution in [0.3, 0.4) is 0 Å². The molecule has 0 aliphatic carbocycles. The van der Waals surface area contributed by atoms with Gasteiger partial charge in [0.25, 0.3) is 5.91 Å². The van der Waals surface area contributed by atoms with Crippen LogP contribution in [0.2, 0.25) is 0 Å². The lowest BCUT2D eigenvalue weighted by Crippen LogP contribution is -2.12. The van der Waals surface area contributed by atoms with Gasteiger partial charge >= 0.3 is 0 Å². The van der Waals surface area contributed by atoms with Crippen molar-refractivity contribution in [2.75, 3.05) is 10.6 Å². The summed E-state index contributed by atoms with van der Waals surface area (Å²) in [5.74, 6) is -0.187. The predicted octanol–water partition coefficient (Wildman–Crippen LogP) is 4.41. The number of aromatic nitrogens is 4. The molecule has 5 aromatic rings. The number of carbonyl (C=O) groups is 1. The van der Waals surface area contributed by atoms with E-state index in [0.717, 1.165) is 22.1 Å². The van der Waals surface area contributed by atoms with E-state index in [4.69, 9.17) is 0 Å². The van der Waals surface area contributed by atoms with Gasteiger partial charge in [-0.25, -0.2) is 14.4 Å². The minimum atomic E-state index is -0.343. The van der Waals surface area contributed by atoms with Crippen molar-refractivity contribution in [3.8, 4) is 0 Å². The summed E-state index contributed by atoms with van der Waals surface area (Å²) in [6.07, 6.45) is 8.39. The number of carbonyl (C=O) groups excluding carboxylic acids is 1. The fourth-order valence-electron chi connectivity index (χ4n) is 3.22. The van der Waals surface area contributed by atoms with Crippen LogP contribution in [0.15, 0.2) is 79.5 Å². The molecule has 1 amide bonds. The first kappa shape index (κ1) is 17.7. The normalized spacial score (nSPS) is 11.0. The monoisotopic (exact) mass is 398 g/mol. The molecule has 2 N–H and O–H groups in total. The van der Waals surface area contributed by atoms with Crippen molar-refractivity contribution in [3.05, 3.63) is 91.0 Å². The number of nitrogens with one attached hydrogen (secondary N) is 2. The third-order valence-corrected chi connectivity index (χ3v) is 4.66. The lowest BCUT2D eigenvalue weighted by Gasteiger charge is -2.13. The Morgan fingerprint density at radius 3 is 2.63 bits per heavy atom. The molecule has 0 bridgehead atoms.